The van der Waals surface area contributed by atoms with Gasteiger partial charge in [0, 0.05) is 30.1 Å². The molecule has 2 atom stereocenters. The van der Waals surface area contributed by atoms with E-state index < -0.39 is 0 Å². The molecule has 0 bridgehead atoms. The first-order valence-corrected chi connectivity index (χ1v) is 7.40. The van der Waals surface area contributed by atoms with Gasteiger partial charge in [-0.25, -0.2) is 0 Å². The SMILES string of the molecule is CCCCCC(NC)C1CSCCN1C. The molecule has 0 amide bonds. The highest BCUT2D eigenvalue weighted by Crippen LogP contribution is 2.20. The summed E-state index contributed by atoms with van der Waals surface area (Å²) in [6.45, 7) is 3.53. The fourth-order valence-electron chi connectivity index (χ4n) is 2.27. The zero-order chi connectivity index (χ0) is 11.1. The number of nitrogens with zero attached hydrogens (tertiary/aromatic N) is 1. The van der Waals surface area contributed by atoms with Gasteiger partial charge in [-0.05, 0) is 20.5 Å². The van der Waals surface area contributed by atoms with E-state index in [9.17, 15) is 0 Å². The van der Waals surface area contributed by atoms with Crippen molar-refractivity contribution in [2.75, 3.05) is 32.1 Å². The fraction of sp³-hybridized carbons (Fsp3) is 1.00. The monoisotopic (exact) mass is 230 g/mol. The second-order valence-corrected chi connectivity index (χ2v) is 5.66. The molecular formula is C12H26N2S. The smallest absolute Gasteiger partial charge is 0.0337 e. The molecule has 0 aromatic carbocycles. The molecule has 15 heavy (non-hydrogen) atoms. The summed E-state index contributed by atoms with van der Waals surface area (Å²) in [5.41, 5.74) is 0. The van der Waals surface area contributed by atoms with Crippen molar-refractivity contribution in [2.24, 2.45) is 0 Å². The number of unbranched alkanes of at least 4 members (excludes halogenated alkanes) is 2. The second-order valence-electron chi connectivity index (χ2n) is 4.51. The Morgan fingerprint density at radius 3 is 2.87 bits per heavy atom. The zero-order valence-corrected chi connectivity index (χ0v) is 11.3. The normalized spacial score (nSPS) is 25.4. The molecule has 1 saturated heterocycles. The Balaban J connectivity index is 2.34. The average molecular weight is 230 g/mol. The van der Waals surface area contributed by atoms with E-state index in [0.717, 1.165) is 6.04 Å². The van der Waals surface area contributed by atoms with Crippen LogP contribution in [0.4, 0.5) is 0 Å². The van der Waals surface area contributed by atoms with Gasteiger partial charge in [0.15, 0.2) is 0 Å². The fourth-order valence-corrected chi connectivity index (χ4v) is 3.58. The van der Waals surface area contributed by atoms with E-state index in [4.69, 9.17) is 0 Å². The number of nitrogens with one attached hydrogen (secondary N) is 1. The van der Waals surface area contributed by atoms with Crippen LogP contribution in [0.3, 0.4) is 0 Å². The molecule has 1 aliphatic heterocycles. The minimum atomic E-state index is 0.689. The highest BCUT2D eigenvalue weighted by molar-refractivity contribution is 7.99. The molecule has 0 spiro atoms. The van der Waals surface area contributed by atoms with E-state index >= 15 is 0 Å². The standard InChI is InChI=1S/C12H26N2S/c1-4-5-6-7-11(13-2)12-10-15-9-8-14(12)3/h11-13H,4-10H2,1-3H3. The topological polar surface area (TPSA) is 15.3 Å². The van der Waals surface area contributed by atoms with Crippen molar-refractivity contribution in [3.05, 3.63) is 0 Å². The number of hydrogen-bond acceptors (Lipinski definition) is 3. The maximum absolute atomic E-state index is 3.51. The van der Waals surface area contributed by atoms with Gasteiger partial charge >= 0.3 is 0 Å². The summed E-state index contributed by atoms with van der Waals surface area (Å²) in [7, 11) is 4.39. The number of likely N-dealkylation sites (N-methyl/N-ethyl adjacent to an activating group) is 2. The van der Waals surface area contributed by atoms with E-state index in [2.05, 4.69) is 43.0 Å². The van der Waals surface area contributed by atoms with Gasteiger partial charge in [-0.15, -0.1) is 0 Å². The Labute approximate surface area is 99.2 Å². The molecule has 0 saturated carbocycles. The van der Waals surface area contributed by atoms with E-state index in [0.29, 0.717) is 6.04 Å². The molecule has 1 aliphatic rings. The van der Waals surface area contributed by atoms with Gasteiger partial charge in [0.25, 0.3) is 0 Å². The summed E-state index contributed by atoms with van der Waals surface area (Å²) in [5, 5.41) is 3.51. The van der Waals surface area contributed by atoms with Crippen molar-refractivity contribution in [1.29, 1.82) is 0 Å². The lowest BCUT2D eigenvalue weighted by molar-refractivity contribution is 0.211. The lowest BCUT2D eigenvalue weighted by Gasteiger charge is -2.37. The molecule has 1 fully saturated rings. The van der Waals surface area contributed by atoms with E-state index in [1.807, 2.05) is 0 Å². The maximum atomic E-state index is 3.51. The lowest BCUT2D eigenvalue weighted by atomic mass is 10.0. The van der Waals surface area contributed by atoms with Crippen LogP contribution in [0.15, 0.2) is 0 Å². The first-order chi connectivity index (χ1) is 7.29. The van der Waals surface area contributed by atoms with Crippen molar-refractivity contribution in [3.8, 4) is 0 Å². The summed E-state index contributed by atoms with van der Waals surface area (Å²) in [5.74, 6) is 2.60. The molecule has 0 aromatic heterocycles. The van der Waals surface area contributed by atoms with Crippen LogP contribution >= 0.6 is 11.8 Å². The number of thioether (sulfide) groups is 1. The Morgan fingerprint density at radius 2 is 2.27 bits per heavy atom. The minimum Gasteiger partial charge on any atom is -0.315 e. The highest BCUT2D eigenvalue weighted by atomic mass is 32.2. The van der Waals surface area contributed by atoms with Crippen LogP contribution in [0.2, 0.25) is 0 Å². The third kappa shape index (κ3) is 4.33. The molecule has 1 N–H and O–H groups in total. The van der Waals surface area contributed by atoms with Crippen LogP contribution in [-0.4, -0.2) is 49.1 Å². The van der Waals surface area contributed by atoms with Gasteiger partial charge in [0.05, 0.1) is 0 Å². The molecule has 2 nitrogen and oxygen atoms in total. The molecule has 0 aromatic rings. The van der Waals surface area contributed by atoms with Crippen molar-refractivity contribution < 1.29 is 0 Å². The predicted octanol–water partition coefficient (Wildman–Crippen LogP) is 2.20. The van der Waals surface area contributed by atoms with Crippen molar-refractivity contribution >= 4 is 11.8 Å². The third-order valence-electron chi connectivity index (χ3n) is 3.40. The van der Waals surface area contributed by atoms with Crippen LogP contribution < -0.4 is 5.32 Å². The predicted molar refractivity (Wildman–Crippen MR) is 70.7 cm³/mol. The average Bonchev–Trinajstić information content (AvgIpc) is 2.26. The minimum absolute atomic E-state index is 0.689. The molecule has 3 heteroatoms. The zero-order valence-electron chi connectivity index (χ0n) is 10.5. The van der Waals surface area contributed by atoms with Gasteiger partial charge in [-0.1, -0.05) is 26.2 Å². The van der Waals surface area contributed by atoms with Crippen LogP contribution in [-0.2, 0) is 0 Å². The lowest BCUT2D eigenvalue weighted by Crippen LogP contribution is -2.51. The maximum Gasteiger partial charge on any atom is 0.0337 e. The molecular weight excluding hydrogens is 204 g/mol. The second kappa shape index (κ2) is 7.53. The number of rotatable bonds is 6. The molecule has 0 radical (unpaired) electrons. The van der Waals surface area contributed by atoms with E-state index in [1.165, 1.54) is 43.7 Å². The number of hydrogen-bond donors (Lipinski definition) is 1. The van der Waals surface area contributed by atoms with Crippen LogP contribution in [0.25, 0.3) is 0 Å². The molecule has 0 aliphatic carbocycles. The van der Waals surface area contributed by atoms with Gasteiger partial charge in [-0.3, -0.25) is 0 Å². The summed E-state index contributed by atoms with van der Waals surface area (Å²) in [6.07, 6.45) is 5.41. The van der Waals surface area contributed by atoms with Crippen LogP contribution in [0, 0.1) is 0 Å². The highest BCUT2D eigenvalue weighted by Gasteiger charge is 2.26. The van der Waals surface area contributed by atoms with Crippen molar-refractivity contribution in [2.45, 2.75) is 44.7 Å². The molecule has 1 rings (SSSR count). The Bertz CT molecular complexity index is 164. The van der Waals surface area contributed by atoms with Gasteiger partial charge in [0.2, 0.25) is 0 Å². The van der Waals surface area contributed by atoms with Crippen molar-refractivity contribution in [3.63, 3.8) is 0 Å². The van der Waals surface area contributed by atoms with Crippen LogP contribution in [0.5, 0.6) is 0 Å². The summed E-state index contributed by atoms with van der Waals surface area (Å²) >= 11 is 2.11. The largest absolute Gasteiger partial charge is 0.315 e. The van der Waals surface area contributed by atoms with Crippen LogP contribution in [0.1, 0.15) is 32.6 Å². The van der Waals surface area contributed by atoms with E-state index in [1.54, 1.807) is 0 Å². The van der Waals surface area contributed by atoms with Gasteiger partial charge in [-0.2, -0.15) is 11.8 Å². The van der Waals surface area contributed by atoms with E-state index in [-0.39, 0.29) is 0 Å². The quantitative estimate of drug-likeness (QED) is 0.704. The molecule has 2 unspecified atom stereocenters. The summed E-state index contributed by atoms with van der Waals surface area (Å²) in [6, 6.07) is 1.43. The Hall–Kier alpha value is 0.270. The Kier molecular flexibility index (Phi) is 6.69. The first-order valence-electron chi connectivity index (χ1n) is 6.24. The van der Waals surface area contributed by atoms with Gasteiger partial charge in [0.1, 0.15) is 0 Å². The molecule has 1 heterocycles. The molecule has 90 valence electrons. The Morgan fingerprint density at radius 1 is 1.47 bits per heavy atom. The first kappa shape index (κ1) is 13.3. The van der Waals surface area contributed by atoms with Gasteiger partial charge < -0.3 is 10.2 Å². The third-order valence-corrected chi connectivity index (χ3v) is 4.45. The van der Waals surface area contributed by atoms with Crippen molar-refractivity contribution in [1.82, 2.24) is 10.2 Å². The summed E-state index contributed by atoms with van der Waals surface area (Å²) < 4.78 is 0. The summed E-state index contributed by atoms with van der Waals surface area (Å²) in [4.78, 5) is 2.53.